The zero-order valence-electron chi connectivity index (χ0n) is 7.89. The molecule has 0 saturated heterocycles. The molecule has 0 heterocycles. The quantitative estimate of drug-likeness (QED) is 0.155. The average molecular weight is 289 g/mol. The van der Waals surface area contributed by atoms with Crippen molar-refractivity contribution in [3.8, 4) is 0 Å². The van der Waals surface area contributed by atoms with Gasteiger partial charge in [0.2, 0.25) is 0 Å². The standard InChI is InChI=1S/C6F5.BH3O3.ClH.Mg/c7-2-1-3(8)5(10)6(11)4(2)9;2-1(3)4;;/h;2-4H;1H;/q-1;;;+2/p-1. The van der Waals surface area contributed by atoms with E-state index >= 15 is 0 Å². The molecule has 0 saturated carbocycles. The molecule has 3 nitrogen and oxygen atoms in total. The molecule has 11 heteroatoms. The number of benzene rings is 1. The van der Waals surface area contributed by atoms with E-state index in [-0.39, 0.29) is 35.5 Å². The van der Waals surface area contributed by atoms with E-state index in [1.807, 2.05) is 0 Å². The van der Waals surface area contributed by atoms with E-state index in [0.29, 0.717) is 0 Å². The van der Waals surface area contributed by atoms with Gasteiger partial charge in [0.15, 0.2) is 0 Å². The van der Waals surface area contributed by atoms with E-state index in [2.05, 4.69) is 0 Å². The molecule has 0 fully saturated rings. The predicted octanol–water partition coefficient (Wildman–Crippen LogP) is -3.25. The Bertz CT molecular complexity index is 328. The van der Waals surface area contributed by atoms with Crippen LogP contribution in [0.25, 0.3) is 0 Å². The molecule has 0 amide bonds. The van der Waals surface area contributed by atoms with Crippen molar-refractivity contribution in [1.82, 2.24) is 0 Å². The van der Waals surface area contributed by atoms with Gasteiger partial charge in [-0.15, -0.1) is 6.07 Å². The van der Waals surface area contributed by atoms with Gasteiger partial charge < -0.3 is 27.5 Å². The molecule has 0 bridgehead atoms. The Morgan fingerprint density at radius 1 is 0.765 bits per heavy atom. The SMILES string of the molecule is Fc1[c-]c(F)c(F)c(F)c1F.OB(O)O.[Cl-].[Mg+2]. The van der Waals surface area contributed by atoms with Crippen molar-refractivity contribution < 1.29 is 49.4 Å². The molecule has 1 aromatic carbocycles. The van der Waals surface area contributed by atoms with Crippen LogP contribution in [0.15, 0.2) is 0 Å². The molecule has 3 N–H and O–H groups in total. The zero-order chi connectivity index (χ0) is 12.2. The van der Waals surface area contributed by atoms with Crippen LogP contribution in [0.5, 0.6) is 0 Å². The van der Waals surface area contributed by atoms with E-state index < -0.39 is 36.4 Å². The average Bonchev–Trinajstić information content (AvgIpc) is 2.11. The Kier molecular flexibility index (Phi) is 12.8. The summed E-state index contributed by atoms with van der Waals surface area (Å²) in [6.45, 7) is 0. The second kappa shape index (κ2) is 9.86. The summed E-state index contributed by atoms with van der Waals surface area (Å²) >= 11 is 0. The maximum absolute atomic E-state index is 12.0. The van der Waals surface area contributed by atoms with Crippen LogP contribution in [0.1, 0.15) is 0 Å². The Hall–Kier alpha value is -0.129. The van der Waals surface area contributed by atoms with Crippen molar-refractivity contribution in [1.29, 1.82) is 0 Å². The molecule has 92 valence electrons. The van der Waals surface area contributed by atoms with Gasteiger partial charge in [-0.1, -0.05) is 0 Å². The summed E-state index contributed by atoms with van der Waals surface area (Å²) in [5, 5.41) is 21.5. The van der Waals surface area contributed by atoms with Crippen LogP contribution >= 0.6 is 0 Å². The third-order valence-corrected chi connectivity index (χ3v) is 0.990. The summed E-state index contributed by atoms with van der Waals surface area (Å²) in [4.78, 5) is 0. The Morgan fingerprint density at radius 2 is 1.00 bits per heavy atom. The summed E-state index contributed by atoms with van der Waals surface area (Å²) in [6.07, 6.45) is 0. The van der Waals surface area contributed by atoms with Crippen LogP contribution in [-0.2, 0) is 0 Å². The summed E-state index contributed by atoms with van der Waals surface area (Å²) < 4.78 is 59.9. The van der Waals surface area contributed by atoms with Gasteiger partial charge in [0, 0.05) is 0 Å². The molecular weight excluding hydrogens is 286 g/mol. The number of halogens is 6. The largest absolute Gasteiger partial charge is 2.00 e. The maximum Gasteiger partial charge on any atom is 2.00 e. The van der Waals surface area contributed by atoms with Gasteiger partial charge in [-0.2, -0.15) is 0 Å². The summed E-state index contributed by atoms with van der Waals surface area (Å²) in [6, 6.07) is 1.02. The van der Waals surface area contributed by atoms with Gasteiger partial charge in [0.25, 0.3) is 0 Å². The monoisotopic (exact) mass is 288 g/mol. The van der Waals surface area contributed by atoms with Gasteiger partial charge in [-0.3, -0.25) is 8.78 Å². The number of rotatable bonds is 0. The van der Waals surface area contributed by atoms with Gasteiger partial charge in [-0.05, 0) is 0 Å². The van der Waals surface area contributed by atoms with E-state index in [1.165, 1.54) is 0 Å². The van der Waals surface area contributed by atoms with Crippen molar-refractivity contribution in [3.05, 3.63) is 35.2 Å². The molecule has 0 aliphatic carbocycles. The van der Waals surface area contributed by atoms with Crippen LogP contribution in [0.3, 0.4) is 0 Å². The van der Waals surface area contributed by atoms with Crippen LogP contribution in [0.4, 0.5) is 22.0 Å². The molecule has 0 aliphatic heterocycles. The first-order valence-corrected chi connectivity index (χ1v) is 3.22. The number of hydrogen-bond acceptors (Lipinski definition) is 3. The molecule has 0 radical (unpaired) electrons. The van der Waals surface area contributed by atoms with E-state index in [9.17, 15) is 22.0 Å². The first kappa shape index (κ1) is 22.1. The Morgan fingerprint density at radius 3 is 1.24 bits per heavy atom. The first-order chi connectivity index (χ1) is 6.77. The van der Waals surface area contributed by atoms with E-state index in [1.54, 1.807) is 0 Å². The summed E-state index contributed by atoms with van der Waals surface area (Å²) in [5.74, 6) is -10.0. The topological polar surface area (TPSA) is 60.7 Å². The minimum atomic E-state index is -2.17. The molecule has 1 aromatic rings. The molecule has 17 heavy (non-hydrogen) atoms. The molecule has 0 unspecified atom stereocenters. The Labute approximate surface area is 115 Å². The number of hydrogen-bond donors (Lipinski definition) is 3. The molecule has 0 atom stereocenters. The second-order valence-corrected chi connectivity index (χ2v) is 2.04. The third kappa shape index (κ3) is 7.73. The summed E-state index contributed by atoms with van der Waals surface area (Å²) in [7, 11) is -2.17. The zero-order valence-corrected chi connectivity index (χ0v) is 10.1. The van der Waals surface area contributed by atoms with Crippen molar-refractivity contribution in [3.63, 3.8) is 0 Å². The minimum Gasteiger partial charge on any atom is -1.00 e. The summed E-state index contributed by atoms with van der Waals surface area (Å²) in [5.41, 5.74) is 0. The molecule has 0 spiro atoms. The fourth-order valence-electron chi connectivity index (χ4n) is 0.495. The van der Waals surface area contributed by atoms with Crippen LogP contribution in [0, 0.1) is 35.2 Å². The van der Waals surface area contributed by atoms with Crippen molar-refractivity contribution in [2.24, 2.45) is 0 Å². The van der Waals surface area contributed by atoms with Crippen LogP contribution in [-0.4, -0.2) is 45.4 Å². The smallest absolute Gasteiger partial charge is 1.00 e. The van der Waals surface area contributed by atoms with E-state index in [4.69, 9.17) is 15.1 Å². The van der Waals surface area contributed by atoms with Crippen molar-refractivity contribution >= 4 is 30.4 Å². The third-order valence-electron chi connectivity index (χ3n) is 0.990. The van der Waals surface area contributed by atoms with Gasteiger partial charge in [0.05, 0.1) is 29.1 Å². The van der Waals surface area contributed by atoms with Crippen molar-refractivity contribution in [2.45, 2.75) is 0 Å². The fraction of sp³-hybridized carbons (Fsp3) is 0. The normalized spacial score (nSPS) is 8.24. The molecule has 1 rings (SSSR count). The van der Waals surface area contributed by atoms with E-state index in [0.717, 1.165) is 6.07 Å². The maximum atomic E-state index is 12.0. The molecular formula is C6H3BClF5MgO3. The van der Waals surface area contributed by atoms with Gasteiger partial charge in [0.1, 0.15) is 0 Å². The molecule has 0 aliphatic rings. The Balaban J connectivity index is -0.000000289. The predicted molar refractivity (Wildman–Crippen MR) is 43.2 cm³/mol. The van der Waals surface area contributed by atoms with Gasteiger partial charge in [-0.25, -0.2) is 13.2 Å². The van der Waals surface area contributed by atoms with Crippen LogP contribution < -0.4 is 12.4 Å². The minimum absolute atomic E-state index is 0. The van der Waals surface area contributed by atoms with Gasteiger partial charge >= 0.3 is 30.4 Å². The fourth-order valence-corrected chi connectivity index (χ4v) is 0.495. The molecule has 0 aromatic heterocycles. The first-order valence-electron chi connectivity index (χ1n) is 3.22. The van der Waals surface area contributed by atoms with Crippen molar-refractivity contribution in [2.75, 3.05) is 0 Å². The van der Waals surface area contributed by atoms with Crippen LogP contribution in [0.2, 0.25) is 0 Å². The second-order valence-electron chi connectivity index (χ2n) is 2.04.